The highest BCUT2D eigenvalue weighted by Crippen LogP contribution is 1.94. The van der Waals surface area contributed by atoms with Gasteiger partial charge in [0.25, 0.3) is 0 Å². The number of hydrogen-bond donors (Lipinski definition) is 2. The number of rotatable bonds is 7. The molecule has 2 N–H and O–H groups in total. The van der Waals surface area contributed by atoms with Crippen LogP contribution in [0.25, 0.3) is 0 Å². The van der Waals surface area contributed by atoms with E-state index in [4.69, 9.17) is 5.11 Å². The molecular formula is C9H13NO7. The average Bonchev–Trinajstić information content (AvgIpc) is 2.30. The number of aldehydes is 1. The van der Waals surface area contributed by atoms with Crippen molar-refractivity contribution >= 4 is 24.3 Å². The maximum Gasteiger partial charge on any atom is 0.405 e. The van der Waals surface area contributed by atoms with Gasteiger partial charge in [-0.15, -0.1) is 0 Å². The molecule has 96 valence electrons. The van der Waals surface area contributed by atoms with Crippen LogP contribution >= 0.6 is 0 Å². The Morgan fingerprint density at radius 2 is 2.00 bits per heavy atom. The topological polar surface area (TPSA) is 119 Å². The SMILES string of the molecule is CCC(=O)OCC(NC(=O)O)C(=O)OCC=O. The van der Waals surface area contributed by atoms with E-state index in [9.17, 15) is 19.2 Å². The van der Waals surface area contributed by atoms with Gasteiger partial charge in [-0.05, 0) is 0 Å². The van der Waals surface area contributed by atoms with E-state index >= 15 is 0 Å². The second-order valence-corrected chi connectivity index (χ2v) is 2.84. The minimum atomic E-state index is -1.47. The lowest BCUT2D eigenvalue weighted by Gasteiger charge is -2.14. The van der Waals surface area contributed by atoms with Crippen LogP contribution in [0.2, 0.25) is 0 Å². The van der Waals surface area contributed by atoms with Crippen LogP contribution < -0.4 is 5.32 Å². The van der Waals surface area contributed by atoms with Crippen molar-refractivity contribution in [2.75, 3.05) is 13.2 Å². The number of amides is 1. The van der Waals surface area contributed by atoms with Gasteiger partial charge in [-0.25, -0.2) is 9.59 Å². The van der Waals surface area contributed by atoms with Crippen LogP contribution in [-0.4, -0.2) is 48.7 Å². The molecule has 0 aromatic carbocycles. The molecule has 0 bridgehead atoms. The molecule has 0 aliphatic rings. The lowest BCUT2D eigenvalue weighted by molar-refractivity contribution is -0.153. The molecule has 0 fully saturated rings. The van der Waals surface area contributed by atoms with Gasteiger partial charge in [-0.1, -0.05) is 6.92 Å². The predicted octanol–water partition coefficient (Wildman–Crippen LogP) is -0.682. The first-order valence-electron chi connectivity index (χ1n) is 4.76. The molecule has 1 atom stereocenters. The fraction of sp³-hybridized carbons (Fsp3) is 0.556. The summed E-state index contributed by atoms with van der Waals surface area (Å²) in [5, 5.41) is 10.3. The third-order valence-electron chi connectivity index (χ3n) is 1.58. The van der Waals surface area contributed by atoms with E-state index in [1.54, 1.807) is 6.92 Å². The fourth-order valence-electron chi connectivity index (χ4n) is 0.813. The van der Waals surface area contributed by atoms with E-state index < -0.39 is 37.3 Å². The minimum Gasteiger partial charge on any atom is -0.465 e. The fourth-order valence-corrected chi connectivity index (χ4v) is 0.813. The first-order valence-corrected chi connectivity index (χ1v) is 4.76. The Labute approximate surface area is 96.9 Å². The zero-order valence-electron chi connectivity index (χ0n) is 9.17. The van der Waals surface area contributed by atoms with Crippen molar-refractivity contribution in [2.45, 2.75) is 19.4 Å². The van der Waals surface area contributed by atoms with Crippen LogP contribution in [0.4, 0.5) is 4.79 Å². The summed E-state index contributed by atoms with van der Waals surface area (Å²) in [6.45, 7) is 0.585. The van der Waals surface area contributed by atoms with Crippen molar-refractivity contribution < 1.29 is 33.8 Å². The zero-order chi connectivity index (χ0) is 13.3. The third kappa shape index (κ3) is 6.88. The number of carbonyl (C=O) groups is 4. The van der Waals surface area contributed by atoms with E-state index in [1.165, 1.54) is 0 Å². The Bertz CT molecular complexity index is 302. The van der Waals surface area contributed by atoms with E-state index in [1.807, 2.05) is 5.32 Å². The third-order valence-corrected chi connectivity index (χ3v) is 1.58. The molecule has 0 aliphatic heterocycles. The molecule has 0 saturated heterocycles. The van der Waals surface area contributed by atoms with Gasteiger partial charge in [0.15, 0.2) is 12.3 Å². The highest BCUT2D eigenvalue weighted by molar-refractivity contribution is 5.82. The van der Waals surface area contributed by atoms with E-state index in [-0.39, 0.29) is 6.42 Å². The smallest absolute Gasteiger partial charge is 0.405 e. The standard InChI is InChI=1S/C9H13NO7/c1-2-7(12)17-5-6(10-9(14)15)8(13)16-4-3-11/h3,6,10H,2,4-5H2,1H3,(H,14,15). The number of carboxylic acid groups (broad SMARTS) is 1. The normalized spacial score (nSPS) is 11.1. The van der Waals surface area contributed by atoms with Gasteiger partial charge >= 0.3 is 18.0 Å². The lowest BCUT2D eigenvalue weighted by atomic mass is 10.3. The number of carbonyl (C=O) groups excluding carboxylic acids is 3. The Balaban J connectivity index is 4.30. The first kappa shape index (κ1) is 14.9. The van der Waals surface area contributed by atoms with Gasteiger partial charge in [0, 0.05) is 6.42 Å². The van der Waals surface area contributed by atoms with Crippen LogP contribution in [0.1, 0.15) is 13.3 Å². The van der Waals surface area contributed by atoms with Gasteiger partial charge in [0.05, 0.1) is 0 Å². The van der Waals surface area contributed by atoms with Crippen molar-refractivity contribution in [2.24, 2.45) is 0 Å². The molecule has 0 aromatic rings. The summed E-state index contributed by atoms with van der Waals surface area (Å²) in [7, 11) is 0. The predicted molar refractivity (Wildman–Crippen MR) is 53.2 cm³/mol. The largest absolute Gasteiger partial charge is 0.465 e. The van der Waals surface area contributed by atoms with Crippen molar-refractivity contribution in [3.8, 4) is 0 Å². The van der Waals surface area contributed by atoms with Crippen LogP contribution in [-0.2, 0) is 23.9 Å². The summed E-state index contributed by atoms with van der Waals surface area (Å²) < 4.78 is 9.00. The molecule has 0 saturated carbocycles. The lowest BCUT2D eigenvalue weighted by Crippen LogP contribution is -2.45. The molecule has 1 amide bonds. The Morgan fingerprint density at radius 3 is 2.47 bits per heavy atom. The van der Waals surface area contributed by atoms with Gasteiger partial charge in [0.1, 0.15) is 13.2 Å². The number of esters is 2. The number of hydrogen-bond acceptors (Lipinski definition) is 6. The second kappa shape index (κ2) is 8.08. The van der Waals surface area contributed by atoms with E-state index in [2.05, 4.69) is 9.47 Å². The molecule has 1 unspecified atom stereocenters. The maximum atomic E-state index is 11.2. The van der Waals surface area contributed by atoms with Crippen LogP contribution in [0, 0.1) is 0 Å². The van der Waals surface area contributed by atoms with E-state index in [0.29, 0.717) is 6.29 Å². The highest BCUT2D eigenvalue weighted by Gasteiger charge is 2.23. The Kier molecular flexibility index (Phi) is 7.07. The summed E-state index contributed by atoms with van der Waals surface area (Å²) in [5.41, 5.74) is 0. The summed E-state index contributed by atoms with van der Waals surface area (Å²) in [6.07, 6.45) is -1.03. The highest BCUT2D eigenvalue weighted by atomic mass is 16.6. The number of nitrogens with one attached hydrogen (secondary N) is 1. The molecule has 0 spiro atoms. The van der Waals surface area contributed by atoms with E-state index in [0.717, 1.165) is 0 Å². The quantitative estimate of drug-likeness (QED) is 0.451. The van der Waals surface area contributed by atoms with Crippen molar-refractivity contribution in [3.05, 3.63) is 0 Å². The van der Waals surface area contributed by atoms with Crippen LogP contribution in [0.15, 0.2) is 0 Å². The maximum absolute atomic E-state index is 11.2. The average molecular weight is 247 g/mol. The van der Waals surface area contributed by atoms with Gasteiger partial charge in [-0.3, -0.25) is 9.59 Å². The number of ether oxygens (including phenoxy) is 2. The van der Waals surface area contributed by atoms with Crippen molar-refractivity contribution in [3.63, 3.8) is 0 Å². The summed E-state index contributed by atoms with van der Waals surface area (Å²) in [4.78, 5) is 42.4. The van der Waals surface area contributed by atoms with Gasteiger partial charge in [0.2, 0.25) is 0 Å². The molecule has 0 radical (unpaired) electrons. The minimum absolute atomic E-state index is 0.100. The molecule has 0 heterocycles. The second-order valence-electron chi connectivity index (χ2n) is 2.84. The Morgan fingerprint density at radius 1 is 1.35 bits per heavy atom. The molecule has 8 heteroatoms. The molecule has 0 rings (SSSR count). The molecule has 17 heavy (non-hydrogen) atoms. The zero-order valence-corrected chi connectivity index (χ0v) is 9.17. The van der Waals surface area contributed by atoms with Crippen LogP contribution in [0.3, 0.4) is 0 Å². The molecule has 0 aliphatic carbocycles. The van der Waals surface area contributed by atoms with Gasteiger partial charge < -0.3 is 19.9 Å². The van der Waals surface area contributed by atoms with Crippen molar-refractivity contribution in [1.82, 2.24) is 5.32 Å². The monoisotopic (exact) mass is 247 g/mol. The van der Waals surface area contributed by atoms with Gasteiger partial charge in [-0.2, -0.15) is 0 Å². The first-order chi connectivity index (χ1) is 8.01. The molecule has 8 nitrogen and oxygen atoms in total. The molecular weight excluding hydrogens is 234 g/mol. The molecule has 0 aromatic heterocycles. The summed E-state index contributed by atoms with van der Waals surface area (Å²) in [6, 6.07) is -1.34. The summed E-state index contributed by atoms with van der Waals surface area (Å²) >= 11 is 0. The van der Waals surface area contributed by atoms with Crippen LogP contribution in [0.5, 0.6) is 0 Å². The Hall–Kier alpha value is -2.12. The van der Waals surface area contributed by atoms with Crippen molar-refractivity contribution in [1.29, 1.82) is 0 Å². The summed E-state index contributed by atoms with van der Waals surface area (Å²) in [5.74, 6) is -1.56.